The van der Waals surface area contributed by atoms with Crippen LogP contribution in [0.2, 0.25) is 0 Å². The van der Waals surface area contributed by atoms with E-state index in [0.29, 0.717) is 0 Å². The first kappa shape index (κ1) is 20.6. The Balaban J connectivity index is 1.31. The number of methoxy groups -OCH3 is 2. The second kappa shape index (κ2) is 8.36. The van der Waals surface area contributed by atoms with Crippen LogP contribution in [0, 0.1) is 0 Å². The van der Waals surface area contributed by atoms with Gasteiger partial charge in [0, 0.05) is 59.9 Å². The molecule has 1 aliphatic heterocycles. The third-order valence-electron chi connectivity index (χ3n) is 6.60. The lowest BCUT2D eigenvalue weighted by Crippen LogP contribution is -2.31. The summed E-state index contributed by atoms with van der Waals surface area (Å²) in [6.45, 7) is 5.45. The summed E-state index contributed by atoms with van der Waals surface area (Å²) in [6, 6.07) is 12.2. The van der Waals surface area contributed by atoms with Crippen molar-refractivity contribution in [2.24, 2.45) is 0 Å². The number of Topliss-reactive ketones (excluding diaryl/α,β-unsaturated/α-hetero) is 1. The number of carbonyl (C=O) groups excluding carboxylic acids is 1. The number of nitrogens with one attached hydrogen (secondary N) is 1. The number of H-pyrrole nitrogens is 1. The quantitative estimate of drug-likeness (QED) is 0.428. The first-order valence-corrected chi connectivity index (χ1v) is 11.2. The molecule has 0 atom stereocenters. The van der Waals surface area contributed by atoms with Crippen molar-refractivity contribution in [2.45, 2.75) is 32.9 Å². The minimum absolute atomic E-state index is 0.0843. The van der Waals surface area contributed by atoms with E-state index in [2.05, 4.69) is 26.6 Å². The van der Waals surface area contributed by atoms with Gasteiger partial charge in [-0.15, -0.1) is 0 Å². The molecule has 6 heteroatoms. The number of para-hydroxylation sites is 1. The van der Waals surface area contributed by atoms with Gasteiger partial charge in [0.05, 0.1) is 19.7 Å². The zero-order valence-electron chi connectivity index (χ0n) is 18.9. The van der Waals surface area contributed by atoms with E-state index >= 15 is 0 Å². The van der Waals surface area contributed by atoms with Crippen LogP contribution in [0.15, 0.2) is 42.6 Å². The Bertz CT molecular complexity index is 1300. The Morgan fingerprint density at radius 1 is 1.09 bits per heavy atom. The molecule has 0 aliphatic carbocycles. The molecule has 2 aromatic heterocycles. The van der Waals surface area contributed by atoms with Gasteiger partial charge in [0.2, 0.25) is 0 Å². The van der Waals surface area contributed by atoms with Crippen molar-refractivity contribution in [1.29, 1.82) is 0 Å². The molecule has 0 saturated heterocycles. The monoisotopic (exact) mass is 431 g/mol. The second-order valence-corrected chi connectivity index (χ2v) is 8.52. The Hall–Kier alpha value is -3.25. The van der Waals surface area contributed by atoms with Crippen LogP contribution in [0.3, 0.4) is 0 Å². The van der Waals surface area contributed by atoms with Crippen molar-refractivity contribution >= 4 is 27.6 Å². The van der Waals surface area contributed by atoms with Gasteiger partial charge in [-0.3, -0.25) is 9.69 Å². The minimum Gasteiger partial charge on any atom is -0.497 e. The number of nitrogens with zero attached hydrogens (tertiary/aromatic N) is 2. The number of carbonyl (C=O) groups is 1. The van der Waals surface area contributed by atoms with E-state index in [-0.39, 0.29) is 5.78 Å². The van der Waals surface area contributed by atoms with E-state index in [9.17, 15) is 4.79 Å². The van der Waals surface area contributed by atoms with Crippen LogP contribution in [0.5, 0.6) is 11.5 Å². The van der Waals surface area contributed by atoms with Crippen LogP contribution in [-0.4, -0.2) is 47.5 Å². The Labute approximate surface area is 187 Å². The smallest absolute Gasteiger partial charge is 0.161 e. The van der Waals surface area contributed by atoms with Gasteiger partial charge in [-0.25, -0.2) is 0 Å². The number of rotatable bonds is 7. The second-order valence-electron chi connectivity index (χ2n) is 8.52. The highest BCUT2D eigenvalue weighted by Gasteiger charge is 2.21. The van der Waals surface area contributed by atoms with Gasteiger partial charge in [0.15, 0.2) is 5.78 Å². The minimum atomic E-state index is 0.0843. The molecule has 2 aromatic carbocycles. The number of aromatic nitrogens is 2. The van der Waals surface area contributed by atoms with E-state index in [1.807, 2.05) is 30.5 Å². The molecule has 3 heterocycles. The average molecular weight is 432 g/mol. The Morgan fingerprint density at radius 2 is 1.97 bits per heavy atom. The van der Waals surface area contributed by atoms with Gasteiger partial charge in [-0.1, -0.05) is 12.1 Å². The highest BCUT2D eigenvalue weighted by Crippen LogP contribution is 2.32. The molecule has 166 valence electrons. The van der Waals surface area contributed by atoms with Gasteiger partial charge >= 0.3 is 0 Å². The molecule has 0 bridgehead atoms. The number of benzene rings is 2. The van der Waals surface area contributed by atoms with E-state index in [4.69, 9.17) is 9.47 Å². The summed E-state index contributed by atoms with van der Waals surface area (Å²) in [6.07, 6.45) is 4.02. The summed E-state index contributed by atoms with van der Waals surface area (Å²) in [5.74, 6) is 1.80. The number of ether oxygens (including phenoxy) is 2. The van der Waals surface area contributed by atoms with Crippen molar-refractivity contribution in [3.63, 3.8) is 0 Å². The van der Waals surface area contributed by atoms with Crippen molar-refractivity contribution in [3.8, 4) is 11.5 Å². The molecule has 0 radical (unpaired) electrons. The van der Waals surface area contributed by atoms with Crippen LogP contribution >= 0.6 is 0 Å². The first-order valence-electron chi connectivity index (χ1n) is 11.2. The summed E-state index contributed by atoms with van der Waals surface area (Å²) >= 11 is 0. The summed E-state index contributed by atoms with van der Waals surface area (Å²) in [7, 11) is 3.39. The topological polar surface area (TPSA) is 59.5 Å². The van der Waals surface area contributed by atoms with Crippen LogP contribution in [-0.2, 0) is 19.5 Å². The van der Waals surface area contributed by atoms with Crippen molar-refractivity contribution < 1.29 is 14.3 Å². The molecule has 4 aromatic rings. The highest BCUT2D eigenvalue weighted by molar-refractivity contribution is 6.08. The molecule has 0 spiro atoms. The highest BCUT2D eigenvalue weighted by atomic mass is 16.5. The Kier molecular flexibility index (Phi) is 5.39. The largest absolute Gasteiger partial charge is 0.497 e. The fourth-order valence-electron chi connectivity index (χ4n) is 5.01. The molecular weight excluding hydrogens is 402 g/mol. The van der Waals surface area contributed by atoms with Crippen molar-refractivity contribution in [1.82, 2.24) is 14.5 Å². The number of aryl methyl sites for hydroxylation is 1. The molecule has 0 amide bonds. The lowest BCUT2D eigenvalue weighted by Gasteiger charge is -2.27. The third kappa shape index (κ3) is 3.54. The zero-order chi connectivity index (χ0) is 22.2. The van der Waals surface area contributed by atoms with Crippen LogP contribution < -0.4 is 9.47 Å². The molecule has 0 unspecified atom stereocenters. The predicted octanol–water partition coefficient (Wildman–Crippen LogP) is 4.79. The van der Waals surface area contributed by atoms with E-state index in [1.54, 1.807) is 21.1 Å². The van der Waals surface area contributed by atoms with Gasteiger partial charge in [-0.05, 0) is 49.6 Å². The predicted molar refractivity (Wildman–Crippen MR) is 127 cm³/mol. The van der Waals surface area contributed by atoms with Crippen molar-refractivity contribution in [3.05, 3.63) is 59.4 Å². The lowest BCUT2D eigenvalue weighted by atomic mass is 10.0. The van der Waals surface area contributed by atoms with Gasteiger partial charge in [0.25, 0.3) is 0 Å². The molecule has 32 heavy (non-hydrogen) atoms. The van der Waals surface area contributed by atoms with Crippen molar-refractivity contribution in [2.75, 3.05) is 27.3 Å². The molecule has 6 nitrogen and oxygen atoms in total. The molecule has 5 rings (SSSR count). The maximum atomic E-state index is 12.2. The van der Waals surface area contributed by atoms with Crippen LogP contribution in [0.25, 0.3) is 21.8 Å². The maximum Gasteiger partial charge on any atom is 0.161 e. The van der Waals surface area contributed by atoms with Crippen LogP contribution in [0.4, 0.5) is 0 Å². The fraction of sp³-hybridized carbons (Fsp3) is 0.346. The standard InChI is InChI=1S/C26H29N3O3/c1-17(30)22-15-29(26-20(22)6-4-7-25(26)32-3)12-5-11-28-13-10-19-21-14-18(31-2)8-9-23(21)27-24(19)16-28/h4,6-9,14-15,27H,5,10-13,16H2,1-3H3. The number of hydrogen-bond acceptors (Lipinski definition) is 4. The molecule has 0 saturated carbocycles. The summed E-state index contributed by atoms with van der Waals surface area (Å²) < 4.78 is 13.2. The SMILES string of the molecule is COc1ccc2[nH]c3c(c2c1)CCN(CCCn1cc(C(C)=O)c2cccc(OC)c21)C3. The fourth-order valence-corrected chi connectivity index (χ4v) is 5.01. The average Bonchev–Trinajstić information content (AvgIpc) is 3.36. The van der Waals surface area contributed by atoms with E-state index < -0.39 is 0 Å². The molecular formula is C26H29N3O3. The number of aromatic amines is 1. The zero-order valence-corrected chi connectivity index (χ0v) is 18.9. The maximum absolute atomic E-state index is 12.2. The summed E-state index contributed by atoms with van der Waals surface area (Å²) in [5.41, 5.74) is 5.68. The Morgan fingerprint density at radius 3 is 2.75 bits per heavy atom. The van der Waals surface area contributed by atoms with Crippen LogP contribution in [0.1, 0.15) is 35.0 Å². The first-order chi connectivity index (χ1) is 15.6. The third-order valence-corrected chi connectivity index (χ3v) is 6.60. The number of ketones is 1. The lowest BCUT2D eigenvalue weighted by molar-refractivity contribution is 0.101. The summed E-state index contributed by atoms with van der Waals surface area (Å²) in [4.78, 5) is 18.3. The van der Waals surface area contributed by atoms with Gasteiger partial charge in [-0.2, -0.15) is 0 Å². The normalized spacial score (nSPS) is 14.1. The van der Waals surface area contributed by atoms with Gasteiger partial charge in [0.1, 0.15) is 11.5 Å². The molecule has 1 aliphatic rings. The van der Waals surface area contributed by atoms with Gasteiger partial charge < -0.3 is 19.0 Å². The molecule has 0 fully saturated rings. The molecule has 1 N–H and O–H groups in total. The summed E-state index contributed by atoms with van der Waals surface area (Å²) in [5, 5.41) is 2.25. The number of hydrogen-bond donors (Lipinski definition) is 1. The van der Waals surface area contributed by atoms with E-state index in [0.717, 1.165) is 67.0 Å². The van der Waals surface area contributed by atoms with E-state index in [1.165, 1.54) is 22.2 Å². The number of fused-ring (bicyclic) bond motifs is 4.